The van der Waals surface area contributed by atoms with Crippen molar-refractivity contribution in [1.82, 2.24) is 4.98 Å². The minimum atomic E-state index is 0.554. The predicted octanol–water partition coefficient (Wildman–Crippen LogP) is 4.70. The van der Waals surface area contributed by atoms with Crippen LogP contribution >= 0.6 is 11.6 Å². The molecule has 0 radical (unpaired) electrons. The largest absolute Gasteiger partial charge is 0.356 e. The summed E-state index contributed by atoms with van der Waals surface area (Å²) in [7, 11) is 0. The molecule has 1 fully saturated rings. The van der Waals surface area contributed by atoms with E-state index in [9.17, 15) is 0 Å². The summed E-state index contributed by atoms with van der Waals surface area (Å²) in [5, 5.41) is 0. The molecule has 112 valence electrons. The summed E-state index contributed by atoms with van der Waals surface area (Å²) >= 11 is 6.16. The zero-order valence-corrected chi connectivity index (χ0v) is 14.0. The first kappa shape index (κ1) is 15.6. The topological polar surface area (TPSA) is 16.1 Å². The number of aryl methyl sites for hydroxylation is 2. The van der Waals surface area contributed by atoms with Gasteiger partial charge >= 0.3 is 0 Å². The number of hydrogen-bond donors (Lipinski definition) is 0. The Morgan fingerprint density at radius 3 is 2.70 bits per heavy atom. The molecule has 2 nitrogen and oxygen atoms in total. The van der Waals surface area contributed by atoms with Crippen LogP contribution in [0.5, 0.6) is 0 Å². The molecule has 1 aromatic rings. The summed E-state index contributed by atoms with van der Waals surface area (Å²) in [5.41, 5.74) is 3.57. The smallest absolute Gasteiger partial charge is 0.133 e. The Morgan fingerprint density at radius 2 is 2.05 bits per heavy atom. The summed E-state index contributed by atoms with van der Waals surface area (Å²) in [5.74, 6) is 3.32. The Kier molecular flexibility index (Phi) is 5.31. The minimum Gasteiger partial charge on any atom is -0.356 e. The van der Waals surface area contributed by atoms with E-state index in [4.69, 9.17) is 16.6 Å². The molecule has 20 heavy (non-hydrogen) atoms. The molecule has 0 bridgehead atoms. The summed E-state index contributed by atoms with van der Waals surface area (Å²) in [6, 6.07) is 2.13. The minimum absolute atomic E-state index is 0.554. The first-order valence-electron chi connectivity index (χ1n) is 7.81. The first-order valence-corrected chi connectivity index (χ1v) is 8.34. The number of rotatable bonds is 3. The second-order valence-corrected chi connectivity index (χ2v) is 6.71. The Morgan fingerprint density at radius 1 is 1.30 bits per heavy atom. The van der Waals surface area contributed by atoms with Crippen LogP contribution in [0, 0.1) is 25.7 Å². The van der Waals surface area contributed by atoms with Gasteiger partial charge in [-0.25, -0.2) is 4.98 Å². The van der Waals surface area contributed by atoms with Crippen LogP contribution in [0.2, 0.25) is 0 Å². The second kappa shape index (κ2) is 6.80. The van der Waals surface area contributed by atoms with Gasteiger partial charge in [0.1, 0.15) is 5.82 Å². The highest BCUT2D eigenvalue weighted by Crippen LogP contribution is 2.30. The van der Waals surface area contributed by atoms with Crippen molar-refractivity contribution >= 4 is 17.4 Å². The molecular weight excluding hydrogens is 268 g/mol. The van der Waals surface area contributed by atoms with Crippen molar-refractivity contribution in [2.45, 2.75) is 52.8 Å². The molecule has 1 aliphatic heterocycles. The molecule has 1 aromatic heterocycles. The van der Waals surface area contributed by atoms with Crippen LogP contribution < -0.4 is 4.90 Å². The Bertz CT molecular complexity index is 457. The van der Waals surface area contributed by atoms with Crippen LogP contribution in [0.25, 0.3) is 0 Å². The fourth-order valence-corrected chi connectivity index (χ4v) is 3.60. The lowest BCUT2D eigenvalue weighted by Crippen LogP contribution is -2.27. The lowest BCUT2D eigenvalue weighted by molar-refractivity contribution is 0.351. The summed E-state index contributed by atoms with van der Waals surface area (Å²) < 4.78 is 0. The van der Waals surface area contributed by atoms with Crippen molar-refractivity contribution in [2.24, 2.45) is 11.8 Å². The normalized spacial score (nSPS) is 20.3. The first-order chi connectivity index (χ1) is 9.52. The standard InChI is InChI=1S/C17H27ClN2/c1-12(2)15-6-5-8-20(9-7-15)17-16(11-18)13(3)10-14(4)19-17/h10,12,15H,5-9,11H2,1-4H3. The molecule has 1 aliphatic rings. The second-order valence-electron chi connectivity index (χ2n) is 6.44. The van der Waals surface area contributed by atoms with E-state index < -0.39 is 0 Å². The SMILES string of the molecule is Cc1cc(C)c(CCl)c(N2CCCC(C(C)C)CC2)n1. The molecule has 2 rings (SSSR count). The average molecular weight is 295 g/mol. The fourth-order valence-electron chi connectivity index (χ4n) is 3.27. The maximum absolute atomic E-state index is 6.16. The van der Waals surface area contributed by atoms with Crippen molar-refractivity contribution in [2.75, 3.05) is 18.0 Å². The highest BCUT2D eigenvalue weighted by atomic mass is 35.5. The lowest BCUT2D eigenvalue weighted by Gasteiger charge is -2.25. The maximum atomic E-state index is 6.16. The van der Waals surface area contributed by atoms with Crippen LogP contribution in [0.4, 0.5) is 5.82 Å². The van der Waals surface area contributed by atoms with Gasteiger partial charge in [-0.05, 0) is 56.6 Å². The molecule has 0 aromatic carbocycles. The van der Waals surface area contributed by atoms with E-state index in [1.165, 1.54) is 30.4 Å². The Balaban J connectivity index is 2.23. The van der Waals surface area contributed by atoms with Gasteiger partial charge in [0.05, 0.1) is 5.88 Å². The van der Waals surface area contributed by atoms with E-state index in [1.54, 1.807) is 0 Å². The number of halogens is 1. The number of anilines is 1. The molecule has 3 heteroatoms. The molecule has 0 aliphatic carbocycles. The Hall–Kier alpha value is -0.760. The fraction of sp³-hybridized carbons (Fsp3) is 0.706. The van der Waals surface area contributed by atoms with Gasteiger partial charge in [0.25, 0.3) is 0 Å². The summed E-state index contributed by atoms with van der Waals surface area (Å²) in [6.07, 6.45) is 3.88. The Labute approximate surface area is 128 Å². The van der Waals surface area contributed by atoms with Crippen molar-refractivity contribution in [3.8, 4) is 0 Å². The maximum Gasteiger partial charge on any atom is 0.133 e. The van der Waals surface area contributed by atoms with Crippen molar-refractivity contribution in [3.63, 3.8) is 0 Å². The van der Waals surface area contributed by atoms with Crippen molar-refractivity contribution in [3.05, 3.63) is 22.9 Å². The van der Waals surface area contributed by atoms with E-state index in [1.807, 2.05) is 0 Å². The highest BCUT2D eigenvalue weighted by molar-refractivity contribution is 6.17. The number of alkyl halides is 1. The molecule has 0 saturated carbocycles. The van der Waals surface area contributed by atoms with Gasteiger partial charge in [-0.1, -0.05) is 13.8 Å². The third-order valence-electron chi connectivity index (χ3n) is 4.60. The summed E-state index contributed by atoms with van der Waals surface area (Å²) in [6.45, 7) is 11.1. The van der Waals surface area contributed by atoms with Gasteiger partial charge in [0.2, 0.25) is 0 Å². The van der Waals surface area contributed by atoms with Gasteiger partial charge in [-0.2, -0.15) is 0 Å². The molecule has 1 saturated heterocycles. The van der Waals surface area contributed by atoms with Crippen LogP contribution in [0.15, 0.2) is 6.07 Å². The third kappa shape index (κ3) is 3.46. The van der Waals surface area contributed by atoms with Gasteiger partial charge in [0.15, 0.2) is 0 Å². The molecule has 0 N–H and O–H groups in total. The van der Waals surface area contributed by atoms with Crippen LogP contribution in [-0.2, 0) is 5.88 Å². The number of pyridine rings is 1. The lowest BCUT2D eigenvalue weighted by atomic mass is 9.89. The van der Waals surface area contributed by atoms with E-state index >= 15 is 0 Å². The highest BCUT2D eigenvalue weighted by Gasteiger charge is 2.22. The summed E-state index contributed by atoms with van der Waals surface area (Å²) in [4.78, 5) is 7.24. The van der Waals surface area contributed by atoms with Gasteiger partial charge in [-0.15, -0.1) is 11.6 Å². The molecule has 0 spiro atoms. The van der Waals surface area contributed by atoms with Gasteiger partial charge < -0.3 is 4.90 Å². The predicted molar refractivity (Wildman–Crippen MR) is 87.7 cm³/mol. The average Bonchev–Trinajstić information content (AvgIpc) is 2.63. The van der Waals surface area contributed by atoms with Crippen LogP contribution in [0.1, 0.15) is 49.9 Å². The van der Waals surface area contributed by atoms with E-state index in [-0.39, 0.29) is 0 Å². The van der Waals surface area contributed by atoms with E-state index in [0.717, 1.165) is 36.4 Å². The van der Waals surface area contributed by atoms with Crippen LogP contribution in [-0.4, -0.2) is 18.1 Å². The molecular formula is C17H27ClN2. The molecule has 1 unspecified atom stereocenters. The molecule has 0 amide bonds. The monoisotopic (exact) mass is 294 g/mol. The molecule has 1 atom stereocenters. The zero-order chi connectivity index (χ0) is 14.7. The van der Waals surface area contributed by atoms with E-state index in [0.29, 0.717) is 5.88 Å². The molecule has 2 heterocycles. The van der Waals surface area contributed by atoms with E-state index in [2.05, 4.69) is 38.7 Å². The third-order valence-corrected chi connectivity index (χ3v) is 4.87. The van der Waals surface area contributed by atoms with Crippen molar-refractivity contribution < 1.29 is 0 Å². The van der Waals surface area contributed by atoms with Gasteiger partial charge in [0, 0.05) is 24.3 Å². The quantitative estimate of drug-likeness (QED) is 0.751. The number of nitrogens with zero attached hydrogens (tertiary/aromatic N) is 2. The van der Waals surface area contributed by atoms with Crippen LogP contribution in [0.3, 0.4) is 0 Å². The zero-order valence-electron chi connectivity index (χ0n) is 13.2. The van der Waals surface area contributed by atoms with Crippen molar-refractivity contribution in [1.29, 1.82) is 0 Å². The number of hydrogen-bond acceptors (Lipinski definition) is 2. The van der Waals surface area contributed by atoms with Gasteiger partial charge in [-0.3, -0.25) is 0 Å². The number of aromatic nitrogens is 1.